The summed E-state index contributed by atoms with van der Waals surface area (Å²) in [6.07, 6.45) is 1.86. The Balaban J connectivity index is 4.48. The second kappa shape index (κ2) is 8.53. The molecule has 0 aliphatic rings. The van der Waals surface area contributed by atoms with Crippen LogP contribution < -0.4 is 5.73 Å². The van der Waals surface area contributed by atoms with Gasteiger partial charge in [0.1, 0.15) is 0 Å². The van der Waals surface area contributed by atoms with Crippen molar-refractivity contribution in [3.63, 3.8) is 0 Å². The van der Waals surface area contributed by atoms with E-state index in [-0.39, 0.29) is 17.9 Å². The summed E-state index contributed by atoms with van der Waals surface area (Å²) in [4.78, 5) is 14.1. The number of amides is 1. The molecule has 0 aliphatic heterocycles. The number of carbonyl (C=O) groups is 1. The molecule has 16 heavy (non-hydrogen) atoms. The molecule has 96 valence electrons. The van der Waals surface area contributed by atoms with Gasteiger partial charge in [0.2, 0.25) is 5.91 Å². The third-order valence-corrected chi connectivity index (χ3v) is 2.83. The van der Waals surface area contributed by atoms with Crippen molar-refractivity contribution in [2.24, 2.45) is 11.7 Å². The maximum Gasteiger partial charge on any atom is 0.227 e. The van der Waals surface area contributed by atoms with Gasteiger partial charge in [0.15, 0.2) is 0 Å². The smallest absolute Gasteiger partial charge is 0.227 e. The standard InChI is InChI=1S/C12H26N2O2/c1-5-7-11(8-13)12(15)14(6-2)10(3)9-16-4/h10-11H,5-9,13H2,1-4H3. The molecule has 1 amide bonds. The molecule has 0 fully saturated rings. The predicted molar refractivity (Wildman–Crippen MR) is 66.2 cm³/mol. The van der Waals surface area contributed by atoms with Crippen molar-refractivity contribution < 1.29 is 9.53 Å². The van der Waals surface area contributed by atoms with Crippen molar-refractivity contribution in [2.75, 3.05) is 26.8 Å². The van der Waals surface area contributed by atoms with E-state index in [1.807, 2.05) is 18.7 Å². The monoisotopic (exact) mass is 230 g/mol. The summed E-state index contributed by atoms with van der Waals surface area (Å²) in [6, 6.07) is 0.119. The molecule has 0 radical (unpaired) electrons. The Hall–Kier alpha value is -0.610. The fourth-order valence-electron chi connectivity index (χ4n) is 1.94. The first kappa shape index (κ1) is 15.4. The summed E-state index contributed by atoms with van der Waals surface area (Å²) < 4.78 is 5.08. The van der Waals surface area contributed by atoms with Crippen LogP contribution in [0.1, 0.15) is 33.6 Å². The van der Waals surface area contributed by atoms with Gasteiger partial charge in [0.05, 0.1) is 18.6 Å². The highest BCUT2D eigenvalue weighted by molar-refractivity contribution is 5.79. The molecule has 0 bridgehead atoms. The molecule has 2 atom stereocenters. The highest BCUT2D eigenvalue weighted by Crippen LogP contribution is 2.12. The molecule has 4 heteroatoms. The van der Waals surface area contributed by atoms with Crippen molar-refractivity contribution in [2.45, 2.75) is 39.7 Å². The Morgan fingerprint density at radius 3 is 2.44 bits per heavy atom. The zero-order valence-corrected chi connectivity index (χ0v) is 11.0. The number of hydrogen-bond donors (Lipinski definition) is 1. The molecule has 0 saturated heterocycles. The van der Waals surface area contributed by atoms with Crippen molar-refractivity contribution >= 4 is 5.91 Å². The summed E-state index contributed by atoms with van der Waals surface area (Å²) in [6.45, 7) is 7.79. The van der Waals surface area contributed by atoms with E-state index in [0.717, 1.165) is 12.8 Å². The topological polar surface area (TPSA) is 55.6 Å². The van der Waals surface area contributed by atoms with Gasteiger partial charge in [-0.25, -0.2) is 0 Å². The molecule has 0 rings (SSSR count). The first-order valence-electron chi connectivity index (χ1n) is 6.11. The maximum atomic E-state index is 12.2. The average Bonchev–Trinajstić information content (AvgIpc) is 2.27. The molecule has 0 aliphatic carbocycles. The van der Waals surface area contributed by atoms with Crippen molar-refractivity contribution in [1.29, 1.82) is 0 Å². The zero-order valence-electron chi connectivity index (χ0n) is 11.0. The van der Waals surface area contributed by atoms with Gasteiger partial charge in [-0.05, 0) is 20.3 Å². The van der Waals surface area contributed by atoms with Crippen molar-refractivity contribution in [3.05, 3.63) is 0 Å². The molecule has 0 spiro atoms. The summed E-state index contributed by atoms with van der Waals surface area (Å²) >= 11 is 0. The molecule has 0 aromatic heterocycles. The summed E-state index contributed by atoms with van der Waals surface area (Å²) in [7, 11) is 1.65. The molecule has 0 aromatic carbocycles. The van der Waals surface area contributed by atoms with Gasteiger partial charge in [0, 0.05) is 20.2 Å². The quantitative estimate of drug-likeness (QED) is 0.682. The van der Waals surface area contributed by atoms with Gasteiger partial charge in [-0.3, -0.25) is 4.79 Å². The fraction of sp³-hybridized carbons (Fsp3) is 0.917. The number of hydrogen-bond acceptors (Lipinski definition) is 3. The fourth-order valence-corrected chi connectivity index (χ4v) is 1.94. The van der Waals surface area contributed by atoms with E-state index < -0.39 is 0 Å². The highest BCUT2D eigenvalue weighted by Gasteiger charge is 2.24. The van der Waals surface area contributed by atoms with E-state index in [1.54, 1.807) is 7.11 Å². The first-order valence-corrected chi connectivity index (χ1v) is 6.11. The molecule has 0 aromatic rings. The Bertz CT molecular complexity index is 197. The van der Waals surface area contributed by atoms with Crippen LogP contribution in [0.4, 0.5) is 0 Å². The third kappa shape index (κ3) is 4.49. The SMILES string of the molecule is CCCC(CN)C(=O)N(CC)C(C)COC. The molecule has 2 unspecified atom stereocenters. The predicted octanol–water partition coefficient (Wildman–Crippen LogP) is 1.24. The van der Waals surface area contributed by atoms with Crippen molar-refractivity contribution in [3.8, 4) is 0 Å². The Kier molecular flexibility index (Phi) is 8.21. The molecule has 2 N–H and O–H groups in total. The van der Waals surface area contributed by atoms with Crippen LogP contribution in [-0.2, 0) is 9.53 Å². The van der Waals surface area contributed by atoms with Gasteiger partial charge < -0.3 is 15.4 Å². The minimum absolute atomic E-state index is 0.0377. The molecule has 0 saturated carbocycles. The van der Waals surface area contributed by atoms with Gasteiger partial charge in [-0.2, -0.15) is 0 Å². The highest BCUT2D eigenvalue weighted by atomic mass is 16.5. The van der Waals surface area contributed by atoms with Crippen LogP contribution in [-0.4, -0.2) is 43.7 Å². The first-order chi connectivity index (χ1) is 7.62. The lowest BCUT2D eigenvalue weighted by Gasteiger charge is -2.30. The second-order valence-corrected chi connectivity index (χ2v) is 4.15. The number of methoxy groups -OCH3 is 1. The maximum absolute atomic E-state index is 12.2. The van der Waals surface area contributed by atoms with Gasteiger partial charge in [-0.1, -0.05) is 13.3 Å². The van der Waals surface area contributed by atoms with Crippen LogP contribution in [0.15, 0.2) is 0 Å². The van der Waals surface area contributed by atoms with Crippen LogP contribution in [0.3, 0.4) is 0 Å². The molecule has 0 heterocycles. The van der Waals surface area contributed by atoms with Crippen LogP contribution in [0.25, 0.3) is 0 Å². The number of ether oxygens (including phenoxy) is 1. The second-order valence-electron chi connectivity index (χ2n) is 4.15. The third-order valence-electron chi connectivity index (χ3n) is 2.83. The van der Waals surface area contributed by atoms with E-state index in [2.05, 4.69) is 6.92 Å². The average molecular weight is 230 g/mol. The molecule has 4 nitrogen and oxygen atoms in total. The van der Waals surface area contributed by atoms with Gasteiger partial charge in [0.25, 0.3) is 0 Å². The van der Waals surface area contributed by atoms with E-state index >= 15 is 0 Å². The Morgan fingerprint density at radius 2 is 2.06 bits per heavy atom. The number of nitrogens with two attached hydrogens (primary N) is 1. The number of rotatable bonds is 8. The van der Waals surface area contributed by atoms with Crippen LogP contribution in [0, 0.1) is 5.92 Å². The lowest BCUT2D eigenvalue weighted by Crippen LogP contribution is -2.45. The number of carbonyl (C=O) groups excluding carboxylic acids is 1. The number of nitrogens with zero attached hydrogens (tertiary/aromatic N) is 1. The van der Waals surface area contributed by atoms with E-state index in [4.69, 9.17) is 10.5 Å². The lowest BCUT2D eigenvalue weighted by molar-refractivity contribution is -0.138. The molecular weight excluding hydrogens is 204 g/mol. The minimum atomic E-state index is -0.0377. The zero-order chi connectivity index (χ0) is 12.6. The lowest BCUT2D eigenvalue weighted by atomic mass is 10.0. The summed E-state index contributed by atoms with van der Waals surface area (Å²) in [5.74, 6) is 0.126. The number of likely N-dealkylation sites (N-methyl/N-ethyl adjacent to an activating group) is 1. The Labute approximate surface area is 99.1 Å². The normalized spacial score (nSPS) is 14.6. The largest absolute Gasteiger partial charge is 0.383 e. The molecular formula is C12H26N2O2. The van der Waals surface area contributed by atoms with E-state index in [0.29, 0.717) is 19.7 Å². The minimum Gasteiger partial charge on any atom is -0.383 e. The van der Waals surface area contributed by atoms with E-state index in [9.17, 15) is 4.79 Å². The summed E-state index contributed by atoms with van der Waals surface area (Å²) in [5, 5.41) is 0. The van der Waals surface area contributed by atoms with Crippen LogP contribution >= 0.6 is 0 Å². The van der Waals surface area contributed by atoms with Gasteiger partial charge in [-0.15, -0.1) is 0 Å². The van der Waals surface area contributed by atoms with Crippen LogP contribution in [0.5, 0.6) is 0 Å². The summed E-state index contributed by atoms with van der Waals surface area (Å²) in [5.41, 5.74) is 5.65. The van der Waals surface area contributed by atoms with Crippen molar-refractivity contribution in [1.82, 2.24) is 4.90 Å². The Morgan fingerprint density at radius 1 is 1.44 bits per heavy atom. The van der Waals surface area contributed by atoms with Gasteiger partial charge >= 0.3 is 0 Å². The van der Waals surface area contributed by atoms with E-state index in [1.165, 1.54) is 0 Å². The van der Waals surface area contributed by atoms with Crippen LogP contribution in [0.2, 0.25) is 0 Å².